The highest BCUT2D eigenvalue weighted by Gasteiger charge is 2.16. The topological polar surface area (TPSA) is 92.9 Å². The van der Waals surface area contributed by atoms with Gasteiger partial charge in [-0.25, -0.2) is 9.97 Å². The van der Waals surface area contributed by atoms with E-state index in [0.29, 0.717) is 11.5 Å². The van der Waals surface area contributed by atoms with E-state index < -0.39 is 0 Å². The summed E-state index contributed by atoms with van der Waals surface area (Å²) in [5.41, 5.74) is 3.13. The highest BCUT2D eigenvalue weighted by molar-refractivity contribution is 5.97. The first-order valence-corrected chi connectivity index (χ1v) is 5.60. The fraction of sp³-hybridized carbons (Fsp3) is 0.545. The minimum Gasteiger partial charge on any atom is -0.348 e. The van der Waals surface area contributed by atoms with Crippen LogP contribution in [0.4, 0.5) is 5.69 Å². The quantitative estimate of drug-likeness (QED) is 0.537. The van der Waals surface area contributed by atoms with Gasteiger partial charge in [0.15, 0.2) is 5.69 Å². The molecule has 0 saturated carbocycles. The number of nitrogens with two attached hydrogens (primary N) is 1. The number of rotatable bonds is 4. The van der Waals surface area contributed by atoms with Crippen molar-refractivity contribution in [2.75, 3.05) is 5.43 Å². The smallest absolute Gasteiger partial charge is 0.272 e. The number of hydrazine groups is 1. The van der Waals surface area contributed by atoms with Crippen molar-refractivity contribution in [1.82, 2.24) is 15.3 Å². The fourth-order valence-electron chi connectivity index (χ4n) is 1.28. The Balaban J connectivity index is 3.09. The zero-order valence-corrected chi connectivity index (χ0v) is 10.6. The maximum Gasteiger partial charge on any atom is 0.272 e. The summed E-state index contributed by atoms with van der Waals surface area (Å²) in [6, 6.07) is 0.0468. The molecule has 4 N–H and O–H groups in total. The first-order chi connectivity index (χ1) is 7.95. The van der Waals surface area contributed by atoms with Crippen LogP contribution in [-0.4, -0.2) is 21.9 Å². The standard InChI is InChI=1S/C11H19N5O/c1-6(2)10-13-5-8(16-12)9(15-10)11(17)14-7(3)4/h5-7,16H,12H2,1-4H3,(H,14,17). The summed E-state index contributed by atoms with van der Waals surface area (Å²) in [6.45, 7) is 7.71. The number of carbonyl (C=O) groups excluding carboxylic acids is 1. The molecule has 1 amide bonds. The minimum atomic E-state index is -0.253. The van der Waals surface area contributed by atoms with Crippen LogP contribution in [0.2, 0.25) is 0 Å². The van der Waals surface area contributed by atoms with Crippen LogP contribution < -0.4 is 16.6 Å². The second-order valence-electron chi connectivity index (χ2n) is 4.42. The maximum absolute atomic E-state index is 11.9. The van der Waals surface area contributed by atoms with Gasteiger partial charge in [-0.05, 0) is 13.8 Å². The van der Waals surface area contributed by atoms with Crippen molar-refractivity contribution in [3.05, 3.63) is 17.7 Å². The molecule has 1 aromatic heterocycles. The molecule has 0 unspecified atom stereocenters. The molecule has 17 heavy (non-hydrogen) atoms. The van der Waals surface area contributed by atoms with Gasteiger partial charge in [0.05, 0.1) is 11.9 Å². The van der Waals surface area contributed by atoms with Crippen LogP contribution in [-0.2, 0) is 0 Å². The van der Waals surface area contributed by atoms with Gasteiger partial charge in [-0.2, -0.15) is 0 Å². The highest BCUT2D eigenvalue weighted by atomic mass is 16.2. The third-order valence-electron chi connectivity index (χ3n) is 2.11. The number of aromatic nitrogens is 2. The molecule has 1 aromatic rings. The number of hydrogen-bond acceptors (Lipinski definition) is 5. The lowest BCUT2D eigenvalue weighted by molar-refractivity contribution is 0.0938. The number of hydrogen-bond donors (Lipinski definition) is 3. The largest absolute Gasteiger partial charge is 0.348 e. The van der Waals surface area contributed by atoms with Crippen molar-refractivity contribution in [3.8, 4) is 0 Å². The van der Waals surface area contributed by atoms with Crippen LogP contribution >= 0.6 is 0 Å². The lowest BCUT2D eigenvalue weighted by atomic mass is 10.2. The number of amides is 1. The number of nitrogens with zero attached hydrogens (tertiary/aromatic N) is 2. The van der Waals surface area contributed by atoms with Crippen LogP contribution in [0.25, 0.3) is 0 Å². The Bertz CT molecular complexity index is 403. The monoisotopic (exact) mass is 237 g/mol. The predicted molar refractivity (Wildman–Crippen MR) is 66.5 cm³/mol. The summed E-state index contributed by atoms with van der Waals surface area (Å²) in [6.07, 6.45) is 1.53. The van der Waals surface area contributed by atoms with E-state index in [1.807, 2.05) is 27.7 Å². The molecule has 0 aliphatic heterocycles. The van der Waals surface area contributed by atoms with Gasteiger partial charge in [-0.1, -0.05) is 13.8 Å². The molecule has 6 nitrogen and oxygen atoms in total. The molecule has 6 heteroatoms. The van der Waals surface area contributed by atoms with E-state index in [2.05, 4.69) is 20.7 Å². The Morgan fingerprint density at radius 1 is 1.35 bits per heavy atom. The van der Waals surface area contributed by atoms with Crippen molar-refractivity contribution >= 4 is 11.6 Å². The van der Waals surface area contributed by atoms with Crippen LogP contribution in [0, 0.1) is 0 Å². The zero-order valence-electron chi connectivity index (χ0n) is 10.6. The van der Waals surface area contributed by atoms with Crippen molar-refractivity contribution in [2.24, 2.45) is 5.84 Å². The Labute approximate surface area is 101 Å². The molecule has 94 valence electrons. The van der Waals surface area contributed by atoms with Gasteiger partial charge >= 0.3 is 0 Å². The molecule has 0 spiro atoms. The molecular weight excluding hydrogens is 218 g/mol. The lowest BCUT2D eigenvalue weighted by Gasteiger charge is -2.12. The van der Waals surface area contributed by atoms with Crippen molar-refractivity contribution in [2.45, 2.75) is 39.7 Å². The number of nitrogens with one attached hydrogen (secondary N) is 2. The lowest BCUT2D eigenvalue weighted by Crippen LogP contribution is -2.32. The number of carbonyl (C=O) groups is 1. The summed E-state index contributed by atoms with van der Waals surface area (Å²) in [5.74, 6) is 5.87. The van der Waals surface area contributed by atoms with E-state index in [4.69, 9.17) is 5.84 Å². The van der Waals surface area contributed by atoms with Gasteiger partial charge in [-0.15, -0.1) is 0 Å². The third-order valence-corrected chi connectivity index (χ3v) is 2.11. The van der Waals surface area contributed by atoms with Crippen LogP contribution in [0.3, 0.4) is 0 Å². The average Bonchev–Trinajstić information content (AvgIpc) is 2.27. The first-order valence-electron chi connectivity index (χ1n) is 5.60. The van der Waals surface area contributed by atoms with E-state index in [-0.39, 0.29) is 23.6 Å². The number of anilines is 1. The van der Waals surface area contributed by atoms with Gasteiger partial charge in [0.2, 0.25) is 0 Å². The summed E-state index contributed by atoms with van der Waals surface area (Å²) >= 11 is 0. The Kier molecular flexibility index (Phi) is 4.39. The van der Waals surface area contributed by atoms with Crippen LogP contribution in [0.1, 0.15) is 49.9 Å². The summed E-state index contributed by atoms with van der Waals surface area (Å²) < 4.78 is 0. The molecule has 0 aliphatic rings. The molecule has 0 radical (unpaired) electrons. The summed E-state index contributed by atoms with van der Waals surface area (Å²) in [5, 5.41) is 2.78. The van der Waals surface area contributed by atoms with Crippen molar-refractivity contribution in [1.29, 1.82) is 0 Å². The van der Waals surface area contributed by atoms with E-state index in [1.54, 1.807) is 0 Å². The van der Waals surface area contributed by atoms with Gasteiger partial charge in [0.1, 0.15) is 5.82 Å². The second kappa shape index (κ2) is 5.58. The average molecular weight is 237 g/mol. The molecule has 1 rings (SSSR count). The summed E-state index contributed by atoms with van der Waals surface area (Å²) in [7, 11) is 0. The Morgan fingerprint density at radius 2 is 2.00 bits per heavy atom. The SMILES string of the molecule is CC(C)NC(=O)c1nc(C(C)C)ncc1NN. The molecule has 0 fully saturated rings. The second-order valence-corrected chi connectivity index (χ2v) is 4.42. The maximum atomic E-state index is 11.9. The Morgan fingerprint density at radius 3 is 2.47 bits per heavy atom. The van der Waals surface area contributed by atoms with E-state index in [1.165, 1.54) is 6.20 Å². The zero-order chi connectivity index (χ0) is 13.0. The van der Waals surface area contributed by atoms with Gasteiger partial charge in [0.25, 0.3) is 5.91 Å². The van der Waals surface area contributed by atoms with Crippen molar-refractivity contribution in [3.63, 3.8) is 0 Å². The first kappa shape index (κ1) is 13.4. The fourth-order valence-corrected chi connectivity index (χ4v) is 1.28. The molecular formula is C11H19N5O. The highest BCUT2D eigenvalue weighted by Crippen LogP contribution is 2.15. The summed E-state index contributed by atoms with van der Waals surface area (Å²) in [4.78, 5) is 20.3. The Hall–Kier alpha value is -1.69. The van der Waals surface area contributed by atoms with E-state index in [0.717, 1.165) is 0 Å². The van der Waals surface area contributed by atoms with E-state index in [9.17, 15) is 4.79 Å². The predicted octanol–water partition coefficient (Wildman–Crippen LogP) is 1.02. The van der Waals surface area contributed by atoms with E-state index >= 15 is 0 Å². The number of nitrogen functional groups attached to an aromatic ring is 1. The molecule has 1 heterocycles. The van der Waals surface area contributed by atoms with Crippen LogP contribution in [0.15, 0.2) is 6.20 Å². The van der Waals surface area contributed by atoms with Crippen LogP contribution in [0.5, 0.6) is 0 Å². The van der Waals surface area contributed by atoms with Gasteiger partial charge < -0.3 is 10.7 Å². The molecule has 0 bridgehead atoms. The van der Waals surface area contributed by atoms with Gasteiger partial charge in [0, 0.05) is 12.0 Å². The molecule has 0 atom stereocenters. The van der Waals surface area contributed by atoms with Gasteiger partial charge in [-0.3, -0.25) is 10.6 Å². The third kappa shape index (κ3) is 3.39. The van der Waals surface area contributed by atoms with Crippen molar-refractivity contribution < 1.29 is 4.79 Å². The molecule has 0 saturated heterocycles. The normalized spacial score (nSPS) is 10.8. The molecule has 0 aromatic carbocycles. The minimum absolute atomic E-state index is 0.0468. The molecule has 0 aliphatic carbocycles.